The van der Waals surface area contributed by atoms with Gasteiger partial charge >= 0.3 is 6.09 Å². The Kier molecular flexibility index (Phi) is 4.44. The smallest absolute Gasteiger partial charge is 0.407 e. The van der Waals surface area contributed by atoms with Crippen LogP contribution >= 0.6 is 0 Å². The summed E-state index contributed by atoms with van der Waals surface area (Å²) >= 11 is 0. The van der Waals surface area contributed by atoms with E-state index in [9.17, 15) is 9.59 Å². The van der Waals surface area contributed by atoms with Crippen LogP contribution in [-0.4, -0.2) is 40.0 Å². The summed E-state index contributed by atoms with van der Waals surface area (Å²) < 4.78 is 0. The van der Waals surface area contributed by atoms with Crippen molar-refractivity contribution in [1.82, 2.24) is 9.80 Å². The quantitative estimate of drug-likeness (QED) is 0.900. The summed E-state index contributed by atoms with van der Waals surface area (Å²) in [4.78, 5) is 27.0. The van der Waals surface area contributed by atoms with Gasteiger partial charge in [-0.25, -0.2) is 4.79 Å². The molecule has 2 aliphatic heterocycles. The Balaban J connectivity index is 1.51. The molecule has 2 aromatic rings. The SMILES string of the molecule is Cc1ccc(CN2Cc3cc(C4=CCN(C(=O)O)CC4)ccc3C2=O)cc1. The van der Waals surface area contributed by atoms with E-state index in [0.29, 0.717) is 32.6 Å². The Labute approximate surface area is 158 Å². The summed E-state index contributed by atoms with van der Waals surface area (Å²) in [6.07, 6.45) is 1.79. The molecule has 2 amide bonds. The summed E-state index contributed by atoms with van der Waals surface area (Å²) in [5.41, 5.74) is 6.40. The number of rotatable bonds is 3. The van der Waals surface area contributed by atoms with E-state index >= 15 is 0 Å². The normalized spacial score (nSPS) is 16.3. The van der Waals surface area contributed by atoms with Crippen molar-refractivity contribution in [2.75, 3.05) is 13.1 Å². The first-order chi connectivity index (χ1) is 13.0. The van der Waals surface area contributed by atoms with Gasteiger partial charge in [-0.15, -0.1) is 0 Å². The van der Waals surface area contributed by atoms with Crippen molar-refractivity contribution >= 4 is 17.6 Å². The molecule has 2 heterocycles. The predicted octanol–water partition coefficient (Wildman–Crippen LogP) is 3.92. The van der Waals surface area contributed by atoms with Crippen LogP contribution in [0.15, 0.2) is 48.5 Å². The summed E-state index contributed by atoms with van der Waals surface area (Å²) in [7, 11) is 0. The lowest BCUT2D eigenvalue weighted by atomic mass is 9.96. The third-order valence-electron chi connectivity index (χ3n) is 5.33. The maximum Gasteiger partial charge on any atom is 0.407 e. The second-order valence-corrected chi connectivity index (χ2v) is 7.23. The van der Waals surface area contributed by atoms with Gasteiger partial charge in [-0.05, 0) is 47.7 Å². The second kappa shape index (κ2) is 6.91. The molecule has 5 nitrogen and oxygen atoms in total. The molecule has 0 unspecified atom stereocenters. The van der Waals surface area contributed by atoms with Crippen LogP contribution in [0.5, 0.6) is 0 Å². The number of carbonyl (C=O) groups is 2. The third-order valence-corrected chi connectivity index (χ3v) is 5.33. The summed E-state index contributed by atoms with van der Waals surface area (Å²) in [5.74, 6) is 0.0757. The molecular weight excluding hydrogens is 340 g/mol. The fraction of sp³-hybridized carbons (Fsp3) is 0.273. The number of aryl methyl sites for hydroxylation is 1. The predicted molar refractivity (Wildman–Crippen MR) is 103 cm³/mol. The number of carbonyl (C=O) groups excluding carboxylic acids is 1. The van der Waals surface area contributed by atoms with E-state index in [1.54, 1.807) is 0 Å². The molecule has 0 bridgehead atoms. The molecule has 138 valence electrons. The zero-order chi connectivity index (χ0) is 19.0. The lowest BCUT2D eigenvalue weighted by Gasteiger charge is -2.24. The largest absolute Gasteiger partial charge is 0.465 e. The molecule has 0 aromatic heterocycles. The van der Waals surface area contributed by atoms with Crippen LogP contribution < -0.4 is 0 Å². The molecule has 4 rings (SSSR count). The van der Waals surface area contributed by atoms with E-state index in [-0.39, 0.29) is 5.91 Å². The molecule has 2 aliphatic rings. The molecule has 0 spiro atoms. The van der Waals surface area contributed by atoms with Crippen molar-refractivity contribution in [3.05, 3.63) is 76.4 Å². The van der Waals surface area contributed by atoms with Crippen molar-refractivity contribution in [2.45, 2.75) is 26.4 Å². The van der Waals surface area contributed by atoms with E-state index < -0.39 is 6.09 Å². The van der Waals surface area contributed by atoms with Crippen molar-refractivity contribution < 1.29 is 14.7 Å². The highest BCUT2D eigenvalue weighted by Crippen LogP contribution is 2.30. The first-order valence-corrected chi connectivity index (χ1v) is 9.16. The van der Waals surface area contributed by atoms with Gasteiger partial charge in [0.1, 0.15) is 0 Å². The first-order valence-electron chi connectivity index (χ1n) is 9.16. The minimum Gasteiger partial charge on any atom is -0.465 e. The zero-order valence-corrected chi connectivity index (χ0v) is 15.3. The summed E-state index contributed by atoms with van der Waals surface area (Å²) in [6, 6.07) is 14.2. The third kappa shape index (κ3) is 3.45. The van der Waals surface area contributed by atoms with Gasteiger partial charge in [0, 0.05) is 31.7 Å². The fourth-order valence-electron chi connectivity index (χ4n) is 3.73. The minimum absolute atomic E-state index is 0.0757. The molecule has 2 aromatic carbocycles. The van der Waals surface area contributed by atoms with Crippen LogP contribution in [0.25, 0.3) is 5.57 Å². The van der Waals surface area contributed by atoms with Gasteiger partial charge < -0.3 is 14.9 Å². The van der Waals surface area contributed by atoms with Crippen molar-refractivity contribution in [3.8, 4) is 0 Å². The number of hydrogen-bond acceptors (Lipinski definition) is 2. The number of carboxylic acid groups (broad SMARTS) is 1. The standard InChI is InChI=1S/C22H22N2O3/c1-15-2-4-16(5-3-15)13-24-14-19-12-18(6-7-20(19)21(24)25)17-8-10-23(11-9-17)22(26)27/h2-8,12H,9-11,13-14H2,1H3,(H,26,27). The maximum absolute atomic E-state index is 12.7. The molecule has 0 aliphatic carbocycles. The van der Waals surface area contributed by atoms with E-state index in [4.69, 9.17) is 5.11 Å². The Hall–Kier alpha value is -3.08. The molecule has 0 saturated carbocycles. The zero-order valence-electron chi connectivity index (χ0n) is 15.3. The highest BCUT2D eigenvalue weighted by Gasteiger charge is 2.28. The maximum atomic E-state index is 12.7. The minimum atomic E-state index is -0.878. The topological polar surface area (TPSA) is 60.9 Å². The van der Waals surface area contributed by atoms with Gasteiger partial charge in [0.05, 0.1) is 0 Å². The van der Waals surface area contributed by atoms with Crippen molar-refractivity contribution in [3.63, 3.8) is 0 Å². The van der Waals surface area contributed by atoms with Gasteiger partial charge in [-0.3, -0.25) is 4.79 Å². The number of fused-ring (bicyclic) bond motifs is 1. The van der Waals surface area contributed by atoms with Gasteiger partial charge in [-0.1, -0.05) is 42.0 Å². The first kappa shape index (κ1) is 17.3. The number of benzene rings is 2. The Bertz CT molecular complexity index is 931. The highest BCUT2D eigenvalue weighted by atomic mass is 16.4. The average Bonchev–Trinajstić information content (AvgIpc) is 2.98. The molecule has 0 saturated heterocycles. The Morgan fingerprint density at radius 3 is 2.59 bits per heavy atom. The second-order valence-electron chi connectivity index (χ2n) is 7.23. The highest BCUT2D eigenvalue weighted by molar-refractivity contribution is 5.98. The van der Waals surface area contributed by atoms with Crippen LogP contribution in [-0.2, 0) is 13.1 Å². The van der Waals surface area contributed by atoms with Crippen LogP contribution in [0.3, 0.4) is 0 Å². The lowest BCUT2D eigenvalue weighted by molar-refractivity contribution is 0.0766. The number of nitrogens with zero attached hydrogens (tertiary/aromatic N) is 2. The monoisotopic (exact) mass is 362 g/mol. The van der Waals surface area contributed by atoms with Crippen LogP contribution in [0.1, 0.15) is 39.0 Å². The molecule has 0 atom stereocenters. The Morgan fingerprint density at radius 1 is 1.15 bits per heavy atom. The van der Waals surface area contributed by atoms with Crippen LogP contribution in [0.4, 0.5) is 4.79 Å². The lowest BCUT2D eigenvalue weighted by Crippen LogP contribution is -2.33. The summed E-state index contributed by atoms with van der Waals surface area (Å²) in [5, 5.41) is 9.07. The van der Waals surface area contributed by atoms with Gasteiger partial charge in [0.15, 0.2) is 0 Å². The van der Waals surface area contributed by atoms with E-state index in [0.717, 1.165) is 27.8 Å². The fourth-order valence-corrected chi connectivity index (χ4v) is 3.73. The van der Waals surface area contributed by atoms with Crippen LogP contribution in [0, 0.1) is 6.92 Å². The van der Waals surface area contributed by atoms with Crippen molar-refractivity contribution in [1.29, 1.82) is 0 Å². The van der Waals surface area contributed by atoms with Crippen LogP contribution in [0.2, 0.25) is 0 Å². The van der Waals surface area contributed by atoms with E-state index in [1.807, 2.05) is 23.1 Å². The van der Waals surface area contributed by atoms with E-state index in [1.165, 1.54) is 10.5 Å². The van der Waals surface area contributed by atoms with Gasteiger partial charge in [0.2, 0.25) is 0 Å². The molecule has 5 heteroatoms. The van der Waals surface area contributed by atoms with Crippen molar-refractivity contribution in [2.24, 2.45) is 0 Å². The molecule has 27 heavy (non-hydrogen) atoms. The van der Waals surface area contributed by atoms with Gasteiger partial charge in [-0.2, -0.15) is 0 Å². The molecular formula is C22H22N2O3. The Morgan fingerprint density at radius 2 is 1.93 bits per heavy atom. The average molecular weight is 362 g/mol. The summed E-state index contributed by atoms with van der Waals surface area (Å²) in [6.45, 7) is 4.21. The van der Waals surface area contributed by atoms with Gasteiger partial charge in [0.25, 0.3) is 5.91 Å². The van der Waals surface area contributed by atoms with E-state index in [2.05, 4.69) is 37.3 Å². The number of hydrogen-bond donors (Lipinski definition) is 1. The molecule has 0 radical (unpaired) electrons. The molecule has 1 N–H and O–H groups in total. The molecule has 0 fully saturated rings. The number of amides is 2.